The number of hydrogen-bond donors (Lipinski definition) is 0. The summed E-state index contributed by atoms with van der Waals surface area (Å²) >= 11 is 0. The lowest BCUT2D eigenvalue weighted by Gasteiger charge is -2.45. The molecular formula is C30H44O3Si2. The highest BCUT2D eigenvalue weighted by Crippen LogP contribution is 2.44. The molecule has 0 radical (unpaired) electrons. The molecule has 1 aliphatic carbocycles. The van der Waals surface area contributed by atoms with Crippen LogP contribution in [-0.2, 0) is 14.0 Å². The van der Waals surface area contributed by atoms with Crippen molar-refractivity contribution in [2.24, 2.45) is 11.8 Å². The van der Waals surface area contributed by atoms with Gasteiger partial charge in [-0.05, 0) is 40.2 Å². The van der Waals surface area contributed by atoms with Gasteiger partial charge in [-0.25, -0.2) is 0 Å². The highest BCUT2D eigenvalue weighted by atomic mass is 28.4. The molecule has 1 saturated carbocycles. The summed E-state index contributed by atoms with van der Waals surface area (Å²) in [4.78, 5) is 12.3. The van der Waals surface area contributed by atoms with E-state index in [1.807, 2.05) is 0 Å². The summed E-state index contributed by atoms with van der Waals surface area (Å²) in [5.41, 5.74) is 0. The van der Waals surface area contributed by atoms with Crippen LogP contribution >= 0.6 is 0 Å². The number of rotatable bonds is 9. The van der Waals surface area contributed by atoms with Gasteiger partial charge in [0.25, 0.3) is 8.32 Å². The van der Waals surface area contributed by atoms with Crippen molar-refractivity contribution in [2.45, 2.75) is 76.9 Å². The molecular weight excluding hydrogens is 464 g/mol. The van der Waals surface area contributed by atoms with Crippen LogP contribution in [0.25, 0.3) is 0 Å². The number of ether oxygens (including phenoxy) is 1. The van der Waals surface area contributed by atoms with Crippen molar-refractivity contribution >= 4 is 32.7 Å². The smallest absolute Gasteiger partial charge is 0.305 e. The summed E-state index contributed by atoms with van der Waals surface area (Å²) in [5, 5.41) is 2.54. The van der Waals surface area contributed by atoms with Crippen molar-refractivity contribution in [1.82, 2.24) is 0 Å². The first-order chi connectivity index (χ1) is 16.5. The molecule has 0 saturated heterocycles. The monoisotopic (exact) mass is 508 g/mol. The van der Waals surface area contributed by atoms with Gasteiger partial charge < -0.3 is 9.16 Å². The highest BCUT2D eigenvalue weighted by molar-refractivity contribution is 6.99. The largest absolute Gasteiger partial charge is 0.469 e. The third-order valence-electron chi connectivity index (χ3n) is 7.29. The molecule has 5 heteroatoms. The second-order valence-electron chi connectivity index (χ2n) is 12.2. The Morgan fingerprint density at radius 2 is 1.49 bits per heavy atom. The van der Waals surface area contributed by atoms with Crippen LogP contribution in [0, 0.1) is 11.8 Å². The van der Waals surface area contributed by atoms with Gasteiger partial charge in [0, 0.05) is 20.4 Å². The Balaban J connectivity index is 2.06. The second-order valence-corrected chi connectivity index (χ2v) is 22.0. The molecule has 1 aliphatic rings. The highest BCUT2D eigenvalue weighted by Gasteiger charge is 2.53. The quantitative estimate of drug-likeness (QED) is 0.223. The molecule has 0 spiro atoms. The van der Waals surface area contributed by atoms with Gasteiger partial charge in [0.2, 0.25) is 0 Å². The van der Waals surface area contributed by atoms with Crippen LogP contribution in [0.1, 0.15) is 40.0 Å². The molecule has 3 atom stereocenters. The molecule has 0 aliphatic heterocycles. The summed E-state index contributed by atoms with van der Waals surface area (Å²) in [7, 11) is -2.37. The van der Waals surface area contributed by atoms with Gasteiger partial charge in [-0.1, -0.05) is 113 Å². The molecule has 3 nitrogen and oxygen atoms in total. The van der Waals surface area contributed by atoms with E-state index in [1.54, 1.807) is 0 Å². The van der Waals surface area contributed by atoms with Crippen molar-refractivity contribution < 1.29 is 14.0 Å². The molecule has 2 aromatic rings. The van der Waals surface area contributed by atoms with E-state index in [1.165, 1.54) is 17.5 Å². The molecule has 35 heavy (non-hydrogen) atoms. The molecule has 0 aromatic heterocycles. The second kappa shape index (κ2) is 11.4. The average Bonchev–Trinajstić information content (AvgIpc) is 3.17. The van der Waals surface area contributed by atoms with Gasteiger partial charge in [-0.3, -0.25) is 4.79 Å². The molecule has 1 fully saturated rings. The van der Waals surface area contributed by atoms with Gasteiger partial charge in [-0.15, -0.1) is 0 Å². The predicted molar refractivity (Wildman–Crippen MR) is 153 cm³/mol. The minimum atomic E-state index is -2.65. The molecule has 0 N–H and O–H groups in total. The van der Waals surface area contributed by atoms with Crippen LogP contribution in [0.4, 0.5) is 0 Å². The van der Waals surface area contributed by atoms with E-state index >= 15 is 0 Å². The fraction of sp³-hybridized carbons (Fsp3) is 0.500. The van der Waals surface area contributed by atoms with Crippen LogP contribution in [0.2, 0.25) is 30.7 Å². The molecule has 2 aromatic carbocycles. The van der Waals surface area contributed by atoms with Crippen LogP contribution in [0.5, 0.6) is 0 Å². The molecule has 3 rings (SSSR count). The van der Waals surface area contributed by atoms with E-state index in [4.69, 9.17) is 9.16 Å². The van der Waals surface area contributed by atoms with Crippen LogP contribution < -0.4 is 10.4 Å². The standard InChI is InChI=1S/C30H44O3Si2/c1-30(2,3)35(25-15-10-8-11-16-25,26-17-12-9-13-18-26)33-28-21-20-24(23-29(31)32-4)27(28)19-14-22-34(5,6)7/h8-19,24,27-28H,20-23H2,1-7H3/b19-14+/t24-,27+,28+/m1/s1. The van der Waals surface area contributed by atoms with Crippen LogP contribution in [-0.4, -0.2) is 35.6 Å². The molecule has 190 valence electrons. The maximum atomic E-state index is 12.3. The maximum absolute atomic E-state index is 12.3. The first-order valence-corrected chi connectivity index (χ1v) is 18.6. The summed E-state index contributed by atoms with van der Waals surface area (Å²) in [6.45, 7) is 14.2. The van der Waals surface area contributed by atoms with E-state index < -0.39 is 16.4 Å². The number of hydrogen-bond acceptors (Lipinski definition) is 3. The third-order valence-corrected chi connectivity index (χ3v) is 13.8. The lowest BCUT2D eigenvalue weighted by molar-refractivity contribution is -0.141. The van der Waals surface area contributed by atoms with Crippen molar-refractivity contribution in [3.63, 3.8) is 0 Å². The SMILES string of the molecule is COC(=O)C[C@H]1CC[C@H](O[Si](c2ccccc2)(c2ccccc2)C(C)(C)C)[C@H]1/C=C/C[Si](C)(C)C. The fourth-order valence-electron chi connectivity index (χ4n) is 5.52. The van der Waals surface area contributed by atoms with Gasteiger partial charge in [0.15, 0.2) is 0 Å². The number of carbonyl (C=O) groups is 1. The molecule has 0 bridgehead atoms. The van der Waals surface area contributed by atoms with Crippen molar-refractivity contribution in [1.29, 1.82) is 0 Å². The number of allylic oxidation sites excluding steroid dienone is 1. The Morgan fingerprint density at radius 1 is 0.943 bits per heavy atom. The Bertz CT molecular complexity index is 935. The van der Waals surface area contributed by atoms with Crippen molar-refractivity contribution in [3.8, 4) is 0 Å². The van der Waals surface area contributed by atoms with Gasteiger partial charge in [-0.2, -0.15) is 0 Å². The van der Waals surface area contributed by atoms with Crippen molar-refractivity contribution in [3.05, 3.63) is 72.8 Å². The zero-order valence-corrected chi connectivity index (χ0v) is 24.7. The predicted octanol–water partition coefficient (Wildman–Crippen LogP) is 6.42. The van der Waals surface area contributed by atoms with E-state index in [9.17, 15) is 4.79 Å². The molecule has 0 unspecified atom stereocenters. The first kappa shape index (κ1) is 27.6. The minimum absolute atomic E-state index is 0.0667. The zero-order chi connectivity index (χ0) is 25.7. The third kappa shape index (κ3) is 6.63. The van der Waals surface area contributed by atoms with Crippen LogP contribution in [0.3, 0.4) is 0 Å². The molecule has 0 amide bonds. The zero-order valence-electron chi connectivity index (χ0n) is 22.7. The van der Waals surface area contributed by atoms with E-state index in [-0.39, 0.29) is 28.9 Å². The number of carbonyl (C=O) groups excluding carboxylic acids is 1. The lowest BCUT2D eigenvalue weighted by Crippen LogP contribution is -2.68. The first-order valence-electron chi connectivity index (χ1n) is 13.0. The van der Waals surface area contributed by atoms with Crippen LogP contribution in [0.15, 0.2) is 72.8 Å². The van der Waals surface area contributed by atoms with Gasteiger partial charge in [0.05, 0.1) is 13.2 Å². The van der Waals surface area contributed by atoms with E-state index in [0.29, 0.717) is 6.42 Å². The van der Waals surface area contributed by atoms with Gasteiger partial charge in [0.1, 0.15) is 0 Å². The Labute approximate surface area is 215 Å². The Hall–Kier alpha value is -1.96. The van der Waals surface area contributed by atoms with Crippen molar-refractivity contribution in [2.75, 3.05) is 7.11 Å². The van der Waals surface area contributed by atoms with Gasteiger partial charge >= 0.3 is 5.97 Å². The summed E-state index contributed by atoms with van der Waals surface area (Å²) in [6, 6.07) is 22.8. The Morgan fingerprint density at radius 3 is 1.94 bits per heavy atom. The summed E-state index contributed by atoms with van der Waals surface area (Å²) in [6.07, 6.45) is 7.23. The minimum Gasteiger partial charge on any atom is -0.469 e. The van der Waals surface area contributed by atoms with E-state index in [2.05, 4.69) is 113 Å². The number of esters is 1. The average molecular weight is 509 g/mol. The topological polar surface area (TPSA) is 35.5 Å². The normalized spacial score (nSPS) is 21.4. The number of methoxy groups -OCH3 is 1. The Kier molecular flexibility index (Phi) is 9.00. The summed E-state index contributed by atoms with van der Waals surface area (Å²) < 4.78 is 12.6. The molecule has 0 heterocycles. The van der Waals surface area contributed by atoms with E-state index in [0.717, 1.165) is 18.9 Å². The number of benzene rings is 2. The lowest BCUT2D eigenvalue weighted by atomic mass is 9.91. The fourth-order valence-corrected chi connectivity index (χ4v) is 11.1. The summed E-state index contributed by atoms with van der Waals surface area (Å²) in [5.74, 6) is 0.348. The maximum Gasteiger partial charge on any atom is 0.305 e.